The Hall–Kier alpha value is -2.98. The van der Waals surface area contributed by atoms with Gasteiger partial charge >= 0.3 is 7.60 Å². The lowest BCUT2D eigenvalue weighted by atomic mass is 10.0. The molecule has 1 unspecified atom stereocenters. The summed E-state index contributed by atoms with van der Waals surface area (Å²) in [6, 6.07) is 9.67. The van der Waals surface area contributed by atoms with Crippen molar-refractivity contribution in [3.8, 4) is 11.3 Å². The Labute approximate surface area is 204 Å². The van der Waals surface area contributed by atoms with Gasteiger partial charge in [-0.3, -0.25) is 24.2 Å². The second kappa shape index (κ2) is 13.8. The first-order valence-electron chi connectivity index (χ1n) is 11.2. The number of carbonyl (C=O) groups excluding carboxylic acids is 3. The van der Waals surface area contributed by atoms with E-state index in [1.165, 1.54) is 20.3 Å². The highest BCUT2D eigenvalue weighted by Crippen LogP contribution is 2.45. The van der Waals surface area contributed by atoms with Crippen LogP contribution in [0.4, 0.5) is 0 Å². The van der Waals surface area contributed by atoms with Gasteiger partial charge in [-0.05, 0) is 30.7 Å². The van der Waals surface area contributed by atoms with E-state index >= 15 is 0 Å². The van der Waals surface area contributed by atoms with Crippen LogP contribution in [0, 0.1) is 5.92 Å². The summed E-state index contributed by atoms with van der Waals surface area (Å²) in [6.07, 6.45) is 3.40. The summed E-state index contributed by atoms with van der Waals surface area (Å²) in [5.41, 5.74) is 0.572. The fraction of sp³-hybridized carbons (Fsp3) is 0.435. The number of furan rings is 1. The molecule has 0 radical (unpaired) electrons. The lowest BCUT2D eigenvalue weighted by Gasteiger charge is -2.19. The number of amides is 3. The van der Waals surface area contributed by atoms with Crippen molar-refractivity contribution in [1.29, 1.82) is 0 Å². The maximum atomic E-state index is 12.6. The highest BCUT2D eigenvalue weighted by molar-refractivity contribution is 7.62. The minimum Gasteiger partial charge on any atom is -0.451 e. The van der Waals surface area contributed by atoms with Gasteiger partial charge in [-0.25, -0.2) is 5.06 Å². The van der Waals surface area contributed by atoms with Gasteiger partial charge in [-0.2, -0.15) is 0 Å². The van der Waals surface area contributed by atoms with Crippen LogP contribution >= 0.6 is 7.60 Å². The number of hydrogen-bond acceptors (Lipinski definition) is 8. The molecule has 1 aromatic carbocycles. The Morgan fingerprint density at radius 2 is 1.91 bits per heavy atom. The minimum atomic E-state index is -3.45. The number of benzene rings is 1. The van der Waals surface area contributed by atoms with E-state index < -0.39 is 19.4 Å². The van der Waals surface area contributed by atoms with Crippen molar-refractivity contribution in [2.24, 2.45) is 5.92 Å². The Balaban J connectivity index is 1.98. The standard InChI is InChI=1S/C23H32N3O8P/c1-4-5-6-8-18(14-26(30)16-27)22(28)24-15-25-23(29)21-12-11-20(34-21)17-9-7-10-19(13-17)35(31,32-2)33-3/h7,9-13,16,18,30H,4-6,8,14-15H2,1-3H3,(H,24,28)(H,25,29). The first-order valence-corrected chi connectivity index (χ1v) is 12.7. The molecule has 1 heterocycles. The van der Waals surface area contributed by atoms with E-state index in [1.54, 1.807) is 30.3 Å². The maximum absolute atomic E-state index is 12.6. The Bertz CT molecular complexity index is 1030. The van der Waals surface area contributed by atoms with Gasteiger partial charge in [0, 0.05) is 19.8 Å². The fourth-order valence-electron chi connectivity index (χ4n) is 3.39. The summed E-state index contributed by atoms with van der Waals surface area (Å²) >= 11 is 0. The summed E-state index contributed by atoms with van der Waals surface area (Å²) < 4.78 is 28.3. The molecule has 2 rings (SSSR count). The summed E-state index contributed by atoms with van der Waals surface area (Å²) in [6.45, 7) is 1.74. The van der Waals surface area contributed by atoms with Crippen molar-refractivity contribution in [3.63, 3.8) is 0 Å². The Morgan fingerprint density at radius 1 is 1.17 bits per heavy atom. The van der Waals surface area contributed by atoms with Crippen LogP contribution in [-0.4, -0.2) is 55.9 Å². The molecule has 1 atom stereocenters. The summed E-state index contributed by atoms with van der Waals surface area (Å²) in [4.78, 5) is 35.6. The van der Waals surface area contributed by atoms with Crippen LogP contribution in [-0.2, 0) is 23.2 Å². The molecule has 3 amide bonds. The third kappa shape index (κ3) is 8.03. The number of rotatable bonds is 15. The average molecular weight is 509 g/mol. The van der Waals surface area contributed by atoms with Gasteiger partial charge < -0.3 is 24.1 Å². The predicted octanol–water partition coefficient (Wildman–Crippen LogP) is 2.91. The van der Waals surface area contributed by atoms with E-state index in [0.29, 0.717) is 28.1 Å². The summed E-state index contributed by atoms with van der Waals surface area (Å²) in [5, 5.41) is 15.4. The molecule has 0 spiro atoms. The number of unbranched alkanes of at least 4 members (excludes halogenated alkanes) is 2. The van der Waals surface area contributed by atoms with Gasteiger partial charge in [0.15, 0.2) is 5.76 Å². The van der Waals surface area contributed by atoms with Crippen LogP contribution in [0.15, 0.2) is 40.8 Å². The third-order valence-corrected chi connectivity index (χ3v) is 7.20. The zero-order chi connectivity index (χ0) is 25.8. The number of hydroxylamine groups is 2. The van der Waals surface area contributed by atoms with Crippen LogP contribution in [0.25, 0.3) is 11.3 Å². The molecule has 0 aliphatic carbocycles. The predicted molar refractivity (Wildman–Crippen MR) is 128 cm³/mol. The second-order valence-electron chi connectivity index (χ2n) is 7.72. The molecule has 0 fully saturated rings. The van der Waals surface area contributed by atoms with Crippen LogP contribution in [0.1, 0.15) is 43.2 Å². The molecule has 192 valence electrons. The zero-order valence-electron chi connectivity index (χ0n) is 20.1. The molecule has 0 aliphatic heterocycles. The normalized spacial score (nSPS) is 12.1. The van der Waals surface area contributed by atoms with Gasteiger partial charge in [0.2, 0.25) is 12.3 Å². The lowest BCUT2D eigenvalue weighted by Crippen LogP contribution is -2.42. The summed E-state index contributed by atoms with van der Waals surface area (Å²) in [5.74, 6) is -1.16. The van der Waals surface area contributed by atoms with Crippen molar-refractivity contribution >= 4 is 31.1 Å². The second-order valence-corrected chi connectivity index (χ2v) is 9.96. The molecule has 3 N–H and O–H groups in total. The average Bonchev–Trinajstić information content (AvgIpc) is 3.38. The third-order valence-electron chi connectivity index (χ3n) is 5.33. The molecule has 35 heavy (non-hydrogen) atoms. The van der Waals surface area contributed by atoms with Gasteiger partial charge in [0.25, 0.3) is 5.91 Å². The van der Waals surface area contributed by atoms with E-state index in [-0.39, 0.29) is 31.3 Å². The minimum absolute atomic E-state index is 0.0169. The monoisotopic (exact) mass is 509 g/mol. The zero-order valence-corrected chi connectivity index (χ0v) is 21.0. The molecule has 12 heteroatoms. The Morgan fingerprint density at radius 3 is 2.57 bits per heavy atom. The van der Waals surface area contributed by atoms with Crippen LogP contribution in [0.2, 0.25) is 0 Å². The van der Waals surface area contributed by atoms with Crippen molar-refractivity contribution in [1.82, 2.24) is 15.7 Å². The van der Waals surface area contributed by atoms with E-state index in [1.807, 2.05) is 6.92 Å². The maximum Gasteiger partial charge on any atom is 0.360 e. The van der Waals surface area contributed by atoms with Gasteiger partial charge in [-0.15, -0.1) is 0 Å². The lowest BCUT2D eigenvalue weighted by molar-refractivity contribution is -0.154. The van der Waals surface area contributed by atoms with Crippen molar-refractivity contribution in [3.05, 3.63) is 42.2 Å². The van der Waals surface area contributed by atoms with Crippen LogP contribution < -0.4 is 15.9 Å². The number of carbonyl (C=O) groups is 3. The number of nitrogens with zero attached hydrogens (tertiary/aromatic N) is 1. The fourth-order valence-corrected chi connectivity index (χ4v) is 4.52. The van der Waals surface area contributed by atoms with Crippen molar-refractivity contribution < 1.29 is 37.6 Å². The molecule has 11 nitrogen and oxygen atoms in total. The van der Waals surface area contributed by atoms with Gasteiger partial charge in [-0.1, -0.05) is 38.3 Å². The molecule has 2 aromatic rings. The highest BCUT2D eigenvalue weighted by atomic mass is 31.2. The molecular formula is C23H32N3O8P. The quantitative estimate of drug-likeness (QED) is 0.0829. The number of nitrogens with one attached hydrogen (secondary N) is 2. The molecular weight excluding hydrogens is 477 g/mol. The van der Waals surface area contributed by atoms with Crippen molar-refractivity contribution in [2.45, 2.75) is 32.6 Å². The van der Waals surface area contributed by atoms with E-state index in [0.717, 1.165) is 19.3 Å². The van der Waals surface area contributed by atoms with Gasteiger partial charge in [0.1, 0.15) is 5.76 Å². The molecule has 0 saturated heterocycles. The van der Waals surface area contributed by atoms with E-state index in [2.05, 4.69) is 10.6 Å². The molecule has 1 aromatic heterocycles. The molecule has 0 aliphatic rings. The largest absolute Gasteiger partial charge is 0.451 e. The summed E-state index contributed by atoms with van der Waals surface area (Å²) in [7, 11) is -0.861. The topological polar surface area (TPSA) is 147 Å². The van der Waals surface area contributed by atoms with Crippen molar-refractivity contribution in [2.75, 3.05) is 27.4 Å². The SMILES string of the molecule is CCCCCC(CN(O)C=O)C(=O)NCNC(=O)c1ccc(-c2cccc(P(=O)(OC)OC)c2)o1. The molecule has 0 bridgehead atoms. The highest BCUT2D eigenvalue weighted by Gasteiger charge is 2.25. The molecule has 0 saturated carbocycles. The smallest absolute Gasteiger partial charge is 0.360 e. The Kier molecular flexibility index (Phi) is 11.1. The first-order chi connectivity index (χ1) is 16.8. The van der Waals surface area contributed by atoms with E-state index in [4.69, 9.17) is 13.5 Å². The van der Waals surface area contributed by atoms with Gasteiger partial charge in [0.05, 0.1) is 24.4 Å². The van der Waals surface area contributed by atoms with Crippen LogP contribution in [0.3, 0.4) is 0 Å². The van der Waals surface area contributed by atoms with Crippen LogP contribution in [0.5, 0.6) is 0 Å². The van der Waals surface area contributed by atoms with E-state index in [9.17, 15) is 24.2 Å². The first kappa shape index (κ1) is 28.3. The number of hydrogen-bond donors (Lipinski definition) is 3.